The van der Waals surface area contributed by atoms with Crippen LogP contribution in [-0.2, 0) is 22.5 Å². The highest BCUT2D eigenvalue weighted by molar-refractivity contribution is 7.09. The van der Waals surface area contributed by atoms with Crippen molar-refractivity contribution in [2.45, 2.75) is 45.4 Å². The number of carbonyl (C=O) groups excluding carboxylic acids is 1. The van der Waals surface area contributed by atoms with Crippen LogP contribution in [-0.4, -0.2) is 17.4 Å². The maximum atomic E-state index is 14.6. The third-order valence-corrected chi connectivity index (χ3v) is 6.65. The first kappa shape index (κ1) is 22.7. The average Bonchev–Trinajstić information content (AvgIpc) is 3.33. The van der Waals surface area contributed by atoms with Crippen LogP contribution in [0.3, 0.4) is 0 Å². The number of rotatable bonds is 9. The van der Waals surface area contributed by atoms with Gasteiger partial charge < -0.3 is 4.74 Å². The van der Waals surface area contributed by atoms with Crippen molar-refractivity contribution in [2.24, 2.45) is 5.92 Å². The first-order chi connectivity index (χ1) is 15.5. The molecule has 2 aromatic carbocycles. The van der Waals surface area contributed by atoms with E-state index in [4.69, 9.17) is 4.74 Å². The molecule has 1 heterocycles. The average molecular weight is 457 g/mol. The minimum atomic E-state index is -0.899. The van der Waals surface area contributed by atoms with Gasteiger partial charge >= 0.3 is 0 Å². The lowest BCUT2D eigenvalue weighted by molar-refractivity contribution is -0.123. The number of hydrogen-bond acceptors (Lipinski definition) is 5. The number of halogens is 2. The van der Waals surface area contributed by atoms with Gasteiger partial charge in [-0.15, -0.1) is 11.3 Å². The molecule has 0 saturated heterocycles. The van der Waals surface area contributed by atoms with E-state index in [9.17, 15) is 13.6 Å². The van der Waals surface area contributed by atoms with Gasteiger partial charge in [0.25, 0.3) is 0 Å². The molecule has 1 aromatic heterocycles. The van der Waals surface area contributed by atoms with E-state index < -0.39 is 17.7 Å². The first-order valence-corrected chi connectivity index (χ1v) is 11.7. The number of hydrogen-bond donors (Lipinski definition) is 1. The summed E-state index contributed by atoms with van der Waals surface area (Å²) in [7, 11) is 0. The molecule has 7 heteroatoms. The van der Waals surface area contributed by atoms with Gasteiger partial charge in [-0.3, -0.25) is 10.1 Å². The molecule has 1 aliphatic carbocycles. The monoisotopic (exact) mass is 456 g/mol. The number of Topliss-reactive ketones (excluding diaryl/α,β-unsaturated/α-hetero) is 1. The van der Waals surface area contributed by atoms with Crippen LogP contribution in [0.1, 0.15) is 52.9 Å². The summed E-state index contributed by atoms with van der Waals surface area (Å²) in [4.78, 5) is 17.9. The number of ether oxygens (including phenoxy) is 1. The van der Waals surface area contributed by atoms with E-state index in [-0.39, 0.29) is 29.8 Å². The molecule has 0 spiro atoms. The van der Waals surface area contributed by atoms with Gasteiger partial charge in [-0.2, -0.15) is 0 Å². The summed E-state index contributed by atoms with van der Waals surface area (Å²) in [6.07, 6.45) is 0.792. The Morgan fingerprint density at radius 3 is 2.81 bits per heavy atom. The summed E-state index contributed by atoms with van der Waals surface area (Å²) in [5.74, 6) is -1.59. The Kier molecular flexibility index (Phi) is 7.08. The van der Waals surface area contributed by atoms with Crippen molar-refractivity contribution in [1.82, 2.24) is 10.3 Å². The van der Waals surface area contributed by atoms with Crippen molar-refractivity contribution in [3.05, 3.63) is 86.9 Å². The molecule has 0 fully saturated rings. The largest absolute Gasteiger partial charge is 0.373 e. The summed E-state index contributed by atoms with van der Waals surface area (Å²) in [6, 6.07) is 10.5. The molecule has 1 aliphatic rings. The minimum Gasteiger partial charge on any atom is -0.373 e. The number of fused-ring (bicyclic) bond motifs is 1. The molecule has 1 N–H and O–H groups in total. The van der Waals surface area contributed by atoms with Crippen molar-refractivity contribution < 1.29 is 18.3 Å². The van der Waals surface area contributed by atoms with Crippen molar-refractivity contribution in [1.29, 1.82) is 0 Å². The molecule has 3 aromatic rings. The Hall–Kier alpha value is -2.48. The fourth-order valence-corrected chi connectivity index (χ4v) is 5.04. The van der Waals surface area contributed by atoms with Crippen LogP contribution in [0.2, 0.25) is 0 Å². The third-order valence-electron chi connectivity index (χ3n) is 5.83. The molecule has 0 amide bonds. The molecule has 3 atom stereocenters. The second kappa shape index (κ2) is 9.98. The summed E-state index contributed by atoms with van der Waals surface area (Å²) in [6.45, 7) is 4.70. The highest BCUT2D eigenvalue weighted by Crippen LogP contribution is 2.41. The predicted molar refractivity (Wildman–Crippen MR) is 120 cm³/mol. The normalized spacial score (nSPS) is 18.5. The number of thiazole rings is 1. The quantitative estimate of drug-likeness (QED) is 0.464. The summed E-state index contributed by atoms with van der Waals surface area (Å²) in [5.41, 5.74) is 3.22. The predicted octanol–water partition coefficient (Wildman–Crippen LogP) is 5.47. The standard InChI is InChI=1S/C25H26F2N2O2S/c1-3-31-25-17(10-16-6-4-5-7-20(16)25)11-23(30)24(21-9-8-18(26)12-22(21)27)28-13-19-14-32-15(2)29-19/h4-9,12,14,17,24-25,28H,3,10-11,13H2,1-2H3/t17?,24-,25?/m0/s1. The number of nitrogens with zero attached hydrogens (tertiary/aromatic N) is 1. The molecule has 2 unspecified atom stereocenters. The number of aryl methyl sites for hydroxylation is 1. The van der Waals surface area contributed by atoms with Crippen LogP contribution >= 0.6 is 11.3 Å². The number of nitrogens with one attached hydrogen (secondary N) is 1. The van der Waals surface area contributed by atoms with Crippen molar-refractivity contribution >= 4 is 17.1 Å². The lowest BCUT2D eigenvalue weighted by Crippen LogP contribution is -2.31. The zero-order chi connectivity index (χ0) is 22.7. The number of carbonyl (C=O) groups is 1. The molecule has 0 aliphatic heterocycles. The fraction of sp³-hybridized carbons (Fsp3) is 0.360. The zero-order valence-corrected chi connectivity index (χ0v) is 18.9. The van der Waals surface area contributed by atoms with Gasteiger partial charge in [-0.05, 0) is 37.5 Å². The van der Waals surface area contributed by atoms with Gasteiger partial charge in [-0.1, -0.05) is 30.3 Å². The van der Waals surface area contributed by atoms with Crippen molar-refractivity contribution in [3.63, 3.8) is 0 Å². The van der Waals surface area contributed by atoms with E-state index in [1.54, 1.807) is 0 Å². The van der Waals surface area contributed by atoms with E-state index in [2.05, 4.69) is 16.4 Å². The number of ketones is 1. The van der Waals surface area contributed by atoms with Crippen LogP contribution in [0, 0.1) is 24.5 Å². The number of benzene rings is 2. The molecule has 4 rings (SSSR count). The maximum Gasteiger partial charge on any atom is 0.154 e. The van der Waals surface area contributed by atoms with E-state index in [0.717, 1.165) is 28.8 Å². The molecule has 4 nitrogen and oxygen atoms in total. The van der Waals surface area contributed by atoms with Crippen molar-refractivity contribution in [2.75, 3.05) is 6.61 Å². The molecular weight excluding hydrogens is 430 g/mol. The zero-order valence-electron chi connectivity index (χ0n) is 18.1. The topological polar surface area (TPSA) is 51.2 Å². The van der Waals surface area contributed by atoms with E-state index in [0.29, 0.717) is 13.2 Å². The molecule has 0 bridgehead atoms. The van der Waals surface area contributed by atoms with Gasteiger partial charge in [0.05, 0.1) is 22.8 Å². The van der Waals surface area contributed by atoms with Crippen LogP contribution < -0.4 is 5.32 Å². The molecule has 168 valence electrons. The maximum absolute atomic E-state index is 14.6. The number of aromatic nitrogens is 1. The first-order valence-electron chi connectivity index (χ1n) is 10.8. The van der Waals surface area contributed by atoms with Crippen LogP contribution in [0.5, 0.6) is 0 Å². The summed E-state index contributed by atoms with van der Waals surface area (Å²) in [5, 5.41) is 5.98. The van der Waals surface area contributed by atoms with Gasteiger partial charge in [0, 0.05) is 42.5 Å². The Labute approximate surface area is 190 Å². The van der Waals surface area contributed by atoms with E-state index >= 15 is 0 Å². The van der Waals surface area contributed by atoms with Gasteiger partial charge in [0.2, 0.25) is 0 Å². The summed E-state index contributed by atoms with van der Waals surface area (Å²) >= 11 is 1.51. The van der Waals surface area contributed by atoms with E-state index in [1.807, 2.05) is 37.4 Å². The van der Waals surface area contributed by atoms with Gasteiger partial charge in [-0.25, -0.2) is 13.8 Å². The lowest BCUT2D eigenvalue weighted by atomic mass is 9.91. The van der Waals surface area contributed by atoms with Crippen LogP contribution in [0.25, 0.3) is 0 Å². The van der Waals surface area contributed by atoms with Crippen molar-refractivity contribution in [3.8, 4) is 0 Å². The third kappa shape index (κ3) is 4.95. The van der Waals surface area contributed by atoms with E-state index in [1.165, 1.54) is 29.0 Å². The highest BCUT2D eigenvalue weighted by atomic mass is 32.1. The molecule has 0 radical (unpaired) electrons. The highest BCUT2D eigenvalue weighted by Gasteiger charge is 2.36. The van der Waals surface area contributed by atoms with Gasteiger partial charge in [0.1, 0.15) is 11.6 Å². The van der Waals surface area contributed by atoms with Crippen LogP contribution in [0.15, 0.2) is 47.8 Å². The Bertz CT molecular complexity index is 1100. The van der Waals surface area contributed by atoms with Gasteiger partial charge in [0.15, 0.2) is 5.78 Å². The second-order valence-corrected chi connectivity index (χ2v) is 9.11. The molecule has 32 heavy (non-hydrogen) atoms. The molecular formula is C25H26F2N2O2S. The molecule has 0 saturated carbocycles. The lowest BCUT2D eigenvalue weighted by Gasteiger charge is -2.24. The fourth-order valence-electron chi connectivity index (χ4n) is 4.43. The Morgan fingerprint density at radius 2 is 2.09 bits per heavy atom. The minimum absolute atomic E-state index is 0.0332. The Morgan fingerprint density at radius 1 is 1.28 bits per heavy atom. The van der Waals surface area contributed by atoms with Crippen LogP contribution in [0.4, 0.5) is 8.78 Å². The smallest absolute Gasteiger partial charge is 0.154 e. The second-order valence-electron chi connectivity index (χ2n) is 8.05. The Balaban J connectivity index is 1.56. The SMILES string of the molecule is CCOC1c2ccccc2CC1CC(=O)[C@@H](NCc1csc(C)n1)c1ccc(F)cc1F. The summed E-state index contributed by atoms with van der Waals surface area (Å²) < 4.78 is 34.2.